The highest BCUT2D eigenvalue weighted by Gasteiger charge is 2.39. The van der Waals surface area contributed by atoms with Crippen LogP contribution in [0.1, 0.15) is 12.3 Å². The zero-order chi connectivity index (χ0) is 15.3. The lowest BCUT2D eigenvalue weighted by Gasteiger charge is -2.28. The van der Waals surface area contributed by atoms with Crippen LogP contribution < -0.4 is 10.2 Å². The van der Waals surface area contributed by atoms with Gasteiger partial charge in [0.05, 0.1) is 0 Å². The number of nitrogens with zero attached hydrogens (tertiary/aromatic N) is 4. The maximum Gasteiger partial charge on any atom is 0.471 e. The van der Waals surface area contributed by atoms with Crippen LogP contribution in [0.25, 0.3) is 11.4 Å². The predicted octanol–water partition coefficient (Wildman–Crippen LogP) is 1.70. The molecule has 116 valence electrons. The fraction of sp³-hybridized carbons (Fsp3) is 0.462. The normalized spacial score (nSPS) is 24.2. The molecule has 2 atom stereocenters. The van der Waals surface area contributed by atoms with Crippen molar-refractivity contribution in [1.29, 1.82) is 0 Å². The molecule has 2 aliphatic rings. The molecule has 0 saturated carbocycles. The number of alkyl halides is 3. The van der Waals surface area contributed by atoms with Gasteiger partial charge in [0.2, 0.25) is 5.82 Å². The summed E-state index contributed by atoms with van der Waals surface area (Å²) in [4.78, 5) is 9.88. The molecule has 2 unspecified atom stereocenters. The van der Waals surface area contributed by atoms with Gasteiger partial charge in [0, 0.05) is 36.9 Å². The number of rotatable bonds is 2. The summed E-state index contributed by atoms with van der Waals surface area (Å²) in [5, 5.41) is 6.75. The molecule has 4 heterocycles. The SMILES string of the molecule is FC(F)(F)c1nc(-c2ccc(N3CC4CC3CN4)nc2)no1. The van der Waals surface area contributed by atoms with Crippen molar-refractivity contribution in [1.82, 2.24) is 20.4 Å². The number of piperazine rings is 1. The zero-order valence-corrected chi connectivity index (χ0v) is 11.3. The molecule has 0 spiro atoms. The molecule has 4 rings (SSSR count). The second-order valence-corrected chi connectivity index (χ2v) is 5.47. The van der Waals surface area contributed by atoms with Crippen LogP contribution in [0.4, 0.5) is 19.0 Å². The number of fused-ring (bicyclic) bond motifs is 2. The molecule has 6 nitrogen and oxygen atoms in total. The molecule has 0 amide bonds. The Bertz CT molecular complexity index is 684. The van der Waals surface area contributed by atoms with Crippen LogP contribution in [-0.2, 0) is 6.18 Å². The van der Waals surface area contributed by atoms with E-state index in [1.54, 1.807) is 12.1 Å². The van der Waals surface area contributed by atoms with Crippen molar-refractivity contribution in [3.63, 3.8) is 0 Å². The number of anilines is 1. The molecule has 2 aromatic heterocycles. The van der Waals surface area contributed by atoms with Crippen molar-refractivity contribution in [3.8, 4) is 11.4 Å². The van der Waals surface area contributed by atoms with Crippen molar-refractivity contribution in [2.45, 2.75) is 24.7 Å². The molecule has 2 saturated heterocycles. The summed E-state index contributed by atoms with van der Waals surface area (Å²) in [6.45, 7) is 1.84. The minimum Gasteiger partial charge on any atom is -0.351 e. The molecule has 2 aliphatic heterocycles. The molecule has 2 bridgehead atoms. The average Bonchev–Trinajstić information content (AvgIpc) is 3.22. The van der Waals surface area contributed by atoms with E-state index in [4.69, 9.17) is 0 Å². The highest BCUT2D eigenvalue weighted by molar-refractivity contribution is 5.56. The summed E-state index contributed by atoms with van der Waals surface area (Å²) in [6, 6.07) is 4.37. The molecule has 2 aromatic rings. The molecule has 2 fully saturated rings. The minimum atomic E-state index is -4.64. The standard InChI is InChI=1S/C13H12F3N5O/c14-13(15,16)12-19-11(20-22-12)7-1-2-10(18-4-7)21-6-8-3-9(21)5-17-8/h1-2,4,8-9,17H,3,5-6H2. The highest BCUT2D eigenvalue weighted by atomic mass is 19.4. The van der Waals surface area contributed by atoms with Gasteiger partial charge in [-0.1, -0.05) is 5.16 Å². The Balaban J connectivity index is 1.56. The lowest BCUT2D eigenvalue weighted by molar-refractivity contribution is -0.159. The largest absolute Gasteiger partial charge is 0.471 e. The van der Waals surface area contributed by atoms with Crippen molar-refractivity contribution < 1.29 is 17.7 Å². The number of pyridine rings is 1. The van der Waals surface area contributed by atoms with E-state index >= 15 is 0 Å². The minimum absolute atomic E-state index is 0.115. The third-order valence-electron chi connectivity index (χ3n) is 4.03. The van der Waals surface area contributed by atoms with Gasteiger partial charge in [0.25, 0.3) is 0 Å². The maximum absolute atomic E-state index is 12.4. The lowest BCUT2D eigenvalue weighted by Crippen LogP contribution is -2.43. The molecule has 1 N–H and O–H groups in total. The molecular weight excluding hydrogens is 299 g/mol. The third kappa shape index (κ3) is 2.21. The van der Waals surface area contributed by atoms with Gasteiger partial charge in [0.15, 0.2) is 0 Å². The van der Waals surface area contributed by atoms with Crippen molar-refractivity contribution in [3.05, 3.63) is 24.2 Å². The van der Waals surface area contributed by atoms with Crippen LogP contribution >= 0.6 is 0 Å². The summed E-state index contributed by atoms with van der Waals surface area (Å²) in [6.07, 6.45) is -2.07. The van der Waals surface area contributed by atoms with E-state index in [-0.39, 0.29) is 5.82 Å². The van der Waals surface area contributed by atoms with Gasteiger partial charge in [-0.3, -0.25) is 0 Å². The van der Waals surface area contributed by atoms with E-state index in [0.29, 0.717) is 17.6 Å². The van der Waals surface area contributed by atoms with Crippen molar-refractivity contribution >= 4 is 5.82 Å². The van der Waals surface area contributed by atoms with Crippen LogP contribution in [-0.4, -0.2) is 40.3 Å². The van der Waals surface area contributed by atoms with Crippen molar-refractivity contribution in [2.24, 2.45) is 0 Å². The summed E-state index contributed by atoms with van der Waals surface area (Å²) in [5.41, 5.74) is 0.394. The van der Waals surface area contributed by atoms with Gasteiger partial charge in [-0.05, 0) is 18.6 Å². The van der Waals surface area contributed by atoms with Crippen LogP contribution in [0, 0.1) is 0 Å². The van der Waals surface area contributed by atoms with E-state index in [2.05, 4.69) is 29.9 Å². The molecule has 22 heavy (non-hydrogen) atoms. The monoisotopic (exact) mass is 311 g/mol. The molecule has 9 heteroatoms. The first-order valence-electron chi connectivity index (χ1n) is 6.88. The first kappa shape index (κ1) is 13.5. The Hall–Kier alpha value is -2.16. The number of halogens is 3. The average molecular weight is 311 g/mol. The second-order valence-electron chi connectivity index (χ2n) is 5.47. The molecule has 0 aromatic carbocycles. The number of hydrogen-bond donors (Lipinski definition) is 1. The topological polar surface area (TPSA) is 67.1 Å². The summed E-state index contributed by atoms with van der Waals surface area (Å²) in [5.74, 6) is -0.650. The van der Waals surface area contributed by atoms with E-state index in [9.17, 15) is 13.2 Å². The first-order valence-corrected chi connectivity index (χ1v) is 6.88. The summed E-state index contributed by atoms with van der Waals surface area (Å²) < 4.78 is 41.6. The van der Waals surface area contributed by atoms with Crippen LogP contribution in [0.2, 0.25) is 0 Å². The number of hydrogen-bond acceptors (Lipinski definition) is 6. The van der Waals surface area contributed by atoms with E-state index in [0.717, 1.165) is 25.3 Å². The van der Waals surface area contributed by atoms with Crippen LogP contribution in [0.15, 0.2) is 22.9 Å². The van der Waals surface area contributed by atoms with Gasteiger partial charge >= 0.3 is 12.1 Å². The number of nitrogens with one attached hydrogen (secondary N) is 1. The Kier molecular flexibility index (Phi) is 2.86. The van der Waals surface area contributed by atoms with Gasteiger partial charge < -0.3 is 14.7 Å². The second kappa shape index (κ2) is 4.67. The lowest BCUT2D eigenvalue weighted by atomic mass is 10.2. The fourth-order valence-electron chi connectivity index (χ4n) is 2.99. The summed E-state index contributed by atoms with van der Waals surface area (Å²) >= 11 is 0. The van der Waals surface area contributed by atoms with E-state index in [1.165, 1.54) is 6.20 Å². The zero-order valence-electron chi connectivity index (χ0n) is 11.3. The van der Waals surface area contributed by atoms with Gasteiger partial charge in [0.1, 0.15) is 5.82 Å². The Morgan fingerprint density at radius 3 is 2.73 bits per heavy atom. The Labute approximate surface area is 123 Å². The van der Waals surface area contributed by atoms with E-state index < -0.39 is 12.1 Å². The van der Waals surface area contributed by atoms with Gasteiger partial charge in [-0.2, -0.15) is 18.2 Å². The highest BCUT2D eigenvalue weighted by Crippen LogP contribution is 2.31. The quantitative estimate of drug-likeness (QED) is 0.910. The first-order chi connectivity index (χ1) is 10.5. The third-order valence-corrected chi connectivity index (χ3v) is 4.03. The fourth-order valence-corrected chi connectivity index (χ4v) is 2.99. The number of aromatic nitrogens is 3. The smallest absolute Gasteiger partial charge is 0.351 e. The van der Waals surface area contributed by atoms with E-state index in [1.807, 2.05) is 0 Å². The molecule has 0 aliphatic carbocycles. The molecular formula is C13H12F3N5O. The van der Waals surface area contributed by atoms with Gasteiger partial charge in [-0.15, -0.1) is 0 Å². The van der Waals surface area contributed by atoms with Crippen LogP contribution in [0.3, 0.4) is 0 Å². The Morgan fingerprint density at radius 2 is 2.18 bits per heavy atom. The molecule has 0 radical (unpaired) electrons. The van der Waals surface area contributed by atoms with Crippen molar-refractivity contribution in [2.75, 3.05) is 18.0 Å². The maximum atomic E-state index is 12.4. The summed E-state index contributed by atoms with van der Waals surface area (Å²) in [7, 11) is 0. The predicted molar refractivity (Wildman–Crippen MR) is 70.1 cm³/mol. The van der Waals surface area contributed by atoms with Crippen LogP contribution in [0.5, 0.6) is 0 Å². The Morgan fingerprint density at radius 1 is 1.32 bits per heavy atom. The van der Waals surface area contributed by atoms with Gasteiger partial charge in [-0.25, -0.2) is 4.98 Å².